The number of hydrogen-bond donors (Lipinski definition) is 1. The lowest BCUT2D eigenvalue weighted by molar-refractivity contribution is -0.131. The van der Waals surface area contributed by atoms with Crippen molar-refractivity contribution in [3.05, 3.63) is 35.4 Å². The molecule has 0 amide bonds. The molecule has 0 aromatic heterocycles. The molecule has 1 aliphatic rings. The molecule has 0 bridgehead atoms. The Morgan fingerprint density at radius 2 is 2.40 bits per heavy atom. The molecule has 0 saturated carbocycles. The van der Waals surface area contributed by atoms with Crippen molar-refractivity contribution in [1.82, 2.24) is 0 Å². The lowest BCUT2D eigenvalue weighted by Gasteiger charge is -2.02. The van der Waals surface area contributed by atoms with Gasteiger partial charge in [0, 0.05) is 18.1 Å². The Kier molecular flexibility index (Phi) is 2.46. The second kappa shape index (κ2) is 3.77. The third-order valence-electron chi connectivity index (χ3n) is 2.39. The van der Waals surface area contributed by atoms with Crippen molar-refractivity contribution in [2.24, 2.45) is 0 Å². The first-order valence-electron chi connectivity index (χ1n) is 4.86. The third kappa shape index (κ3) is 2.01. The molecule has 1 aromatic carbocycles. The van der Waals surface area contributed by atoms with Crippen molar-refractivity contribution in [2.75, 3.05) is 0 Å². The molecule has 0 aliphatic carbocycles. The number of fused-ring (bicyclic) bond motifs is 1. The summed E-state index contributed by atoms with van der Waals surface area (Å²) in [5.41, 5.74) is 2.03. The number of rotatable bonds is 2. The van der Waals surface area contributed by atoms with E-state index in [1.807, 2.05) is 25.1 Å². The standard InChI is InChI=1S/C12H12O3/c1-8-7-10-9(5-6-12(13)14)3-2-4-11(10)15-8/h2-6,8H,7H2,1H3,(H,13,14)/b6-5+. The van der Waals surface area contributed by atoms with E-state index in [0.29, 0.717) is 0 Å². The van der Waals surface area contributed by atoms with Gasteiger partial charge in [-0.2, -0.15) is 0 Å². The summed E-state index contributed by atoms with van der Waals surface area (Å²) in [6.07, 6.45) is 3.79. The fraction of sp³-hybridized carbons (Fsp3) is 0.250. The lowest BCUT2D eigenvalue weighted by atomic mass is 10.0. The van der Waals surface area contributed by atoms with Gasteiger partial charge >= 0.3 is 5.97 Å². The van der Waals surface area contributed by atoms with E-state index in [0.717, 1.165) is 29.4 Å². The molecule has 0 saturated heterocycles. The van der Waals surface area contributed by atoms with E-state index in [4.69, 9.17) is 9.84 Å². The molecule has 1 aromatic rings. The van der Waals surface area contributed by atoms with Crippen molar-refractivity contribution >= 4 is 12.0 Å². The van der Waals surface area contributed by atoms with Crippen LogP contribution in [0.25, 0.3) is 6.08 Å². The summed E-state index contributed by atoms with van der Waals surface area (Å²) in [6.45, 7) is 2.00. The molecule has 1 unspecified atom stereocenters. The van der Waals surface area contributed by atoms with E-state index in [2.05, 4.69) is 0 Å². The molecule has 15 heavy (non-hydrogen) atoms. The van der Waals surface area contributed by atoms with E-state index in [1.54, 1.807) is 6.08 Å². The maximum atomic E-state index is 10.4. The van der Waals surface area contributed by atoms with Crippen LogP contribution in [0.2, 0.25) is 0 Å². The second-order valence-corrected chi connectivity index (χ2v) is 3.63. The van der Waals surface area contributed by atoms with Crippen LogP contribution >= 0.6 is 0 Å². The number of benzene rings is 1. The van der Waals surface area contributed by atoms with Gasteiger partial charge in [-0.25, -0.2) is 4.79 Å². The van der Waals surface area contributed by atoms with Gasteiger partial charge in [0.1, 0.15) is 11.9 Å². The smallest absolute Gasteiger partial charge is 0.328 e. The van der Waals surface area contributed by atoms with E-state index < -0.39 is 5.97 Å². The van der Waals surface area contributed by atoms with Crippen molar-refractivity contribution < 1.29 is 14.6 Å². The van der Waals surface area contributed by atoms with Crippen LogP contribution in [0.5, 0.6) is 5.75 Å². The van der Waals surface area contributed by atoms with Crippen LogP contribution in [-0.2, 0) is 11.2 Å². The van der Waals surface area contributed by atoms with Crippen molar-refractivity contribution in [1.29, 1.82) is 0 Å². The Labute approximate surface area is 88.0 Å². The van der Waals surface area contributed by atoms with E-state index in [1.165, 1.54) is 0 Å². The predicted octanol–water partition coefficient (Wildman–Crippen LogP) is 2.11. The van der Waals surface area contributed by atoms with Crippen LogP contribution in [-0.4, -0.2) is 17.2 Å². The maximum Gasteiger partial charge on any atom is 0.328 e. The zero-order valence-corrected chi connectivity index (χ0v) is 8.43. The van der Waals surface area contributed by atoms with Gasteiger partial charge in [-0.15, -0.1) is 0 Å². The maximum absolute atomic E-state index is 10.4. The van der Waals surface area contributed by atoms with Gasteiger partial charge in [0.15, 0.2) is 0 Å². The zero-order chi connectivity index (χ0) is 10.8. The first-order chi connectivity index (χ1) is 7.16. The normalized spacial score (nSPS) is 18.9. The summed E-state index contributed by atoms with van der Waals surface area (Å²) in [4.78, 5) is 10.4. The third-order valence-corrected chi connectivity index (χ3v) is 2.39. The van der Waals surface area contributed by atoms with Gasteiger partial charge < -0.3 is 9.84 Å². The highest BCUT2D eigenvalue weighted by atomic mass is 16.5. The van der Waals surface area contributed by atoms with E-state index in [-0.39, 0.29) is 6.10 Å². The molecule has 0 spiro atoms. The number of aliphatic carboxylic acids is 1. The largest absolute Gasteiger partial charge is 0.490 e. The Morgan fingerprint density at radius 1 is 1.60 bits per heavy atom. The van der Waals surface area contributed by atoms with Crippen molar-refractivity contribution in [3.8, 4) is 5.75 Å². The predicted molar refractivity (Wildman–Crippen MR) is 56.9 cm³/mol. The van der Waals surface area contributed by atoms with Gasteiger partial charge in [0.25, 0.3) is 0 Å². The molecule has 0 fully saturated rings. The summed E-state index contributed by atoms with van der Waals surface area (Å²) >= 11 is 0. The average molecular weight is 204 g/mol. The van der Waals surface area contributed by atoms with Gasteiger partial charge in [0.2, 0.25) is 0 Å². The molecule has 1 aliphatic heterocycles. The molecule has 3 heteroatoms. The summed E-state index contributed by atoms with van der Waals surface area (Å²) in [5, 5.41) is 8.56. The number of ether oxygens (including phenoxy) is 1. The fourth-order valence-corrected chi connectivity index (χ4v) is 1.77. The molecule has 1 heterocycles. The van der Waals surface area contributed by atoms with Gasteiger partial charge in [-0.1, -0.05) is 12.1 Å². The molecule has 2 rings (SSSR count). The summed E-state index contributed by atoms with van der Waals surface area (Å²) in [7, 11) is 0. The topological polar surface area (TPSA) is 46.5 Å². The van der Waals surface area contributed by atoms with E-state index in [9.17, 15) is 4.79 Å². The Balaban J connectivity index is 2.34. The monoisotopic (exact) mass is 204 g/mol. The summed E-state index contributed by atoms with van der Waals surface area (Å²) < 4.78 is 5.57. The zero-order valence-electron chi connectivity index (χ0n) is 8.43. The van der Waals surface area contributed by atoms with Crippen LogP contribution in [0.4, 0.5) is 0 Å². The molecule has 1 N–H and O–H groups in total. The Bertz CT molecular complexity index is 421. The van der Waals surface area contributed by atoms with Crippen LogP contribution in [0.15, 0.2) is 24.3 Å². The minimum absolute atomic E-state index is 0.180. The minimum atomic E-state index is -0.931. The molecule has 1 atom stereocenters. The van der Waals surface area contributed by atoms with Gasteiger partial charge in [0.05, 0.1) is 0 Å². The first kappa shape index (κ1) is 9.77. The Morgan fingerprint density at radius 3 is 3.13 bits per heavy atom. The summed E-state index contributed by atoms with van der Waals surface area (Å²) in [6, 6.07) is 5.69. The fourth-order valence-electron chi connectivity index (χ4n) is 1.77. The van der Waals surface area contributed by atoms with Crippen molar-refractivity contribution in [2.45, 2.75) is 19.4 Å². The number of carboxylic acids is 1. The quantitative estimate of drug-likeness (QED) is 0.750. The number of carboxylic acid groups (broad SMARTS) is 1. The molecular formula is C12H12O3. The van der Waals surface area contributed by atoms with Crippen LogP contribution < -0.4 is 4.74 Å². The molecule has 3 nitrogen and oxygen atoms in total. The first-order valence-corrected chi connectivity index (χ1v) is 4.86. The minimum Gasteiger partial charge on any atom is -0.490 e. The SMILES string of the molecule is CC1Cc2c(/C=C/C(=O)O)cccc2O1. The van der Waals surface area contributed by atoms with Crippen LogP contribution in [0.1, 0.15) is 18.1 Å². The highest BCUT2D eigenvalue weighted by Gasteiger charge is 2.20. The van der Waals surface area contributed by atoms with Crippen LogP contribution in [0.3, 0.4) is 0 Å². The van der Waals surface area contributed by atoms with Gasteiger partial charge in [-0.3, -0.25) is 0 Å². The average Bonchev–Trinajstić information content (AvgIpc) is 2.55. The highest BCUT2D eigenvalue weighted by Crippen LogP contribution is 2.31. The van der Waals surface area contributed by atoms with Gasteiger partial charge in [-0.05, 0) is 24.6 Å². The van der Waals surface area contributed by atoms with E-state index >= 15 is 0 Å². The van der Waals surface area contributed by atoms with Crippen LogP contribution in [0, 0.1) is 0 Å². The molecule has 0 radical (unpaired) electrons. The Hall–Kier alpha value is -1.77. The van der Waals surface area contributed by atoms with Crippen molar-refractivity contribution in [3.63, 3.8) is 0 Å². The number of carbonyl (C=O) groups is 1. The molecular weight excluding hydrogens is 192 g/mol. The summed E-state index contributed by atoms with van der Waals surface area (Å²) in [5.74, 6) is -0.0606. The highest BCUT2D eigenvalue weighted by molar-refractivity contribution is 5.85. The lowest BCUT2D eigenvalue weighted by Crippen LogP contribution is -2.05. The number of hydrogen-bond acceptors (Lipinski definition) is 2. The molecule has 78 valence electrons. The second-order valence-electron chi connectivity index (χ2n) is 3.63.